The maximum atomic E-state index is 11.7. The largest absolute Gasteiger partial charge is 0.493 e. The molecule has 0 radical (unpaired) electrons. The number of nitrogens with zero attached hydrogens (tertiary/aromatic N) is 1. The van der Waals surface area contributed by atoms with Gasteiger partial charge < -0.3 is 9.15 Å². The van der Waals surface area contributed by atoms with Gasteiger partial charge in [-0.1, -0.05) is 42.1 Å². The monoisotopic (exact) mass is 408 g/mol. The maximum Gasteiger partial charge on any atom is 0.286 e. The van der Waals surface area contributed by atoms with Crippen LogP contribution in [-0.2, 0) is 17.6 Å². The van der Waals surface area contributed by atoms with Crippen LogP contribution in [-0.4, -0.2) is 28.0 Å². The number of rotatable bonds is 7. The van der Waals surface area contributed by atoms with Gasteiger partial charge in [0.05, 0.1) is 17.6 Å². The van der Waals surface area contributed by atoms with Crippen LogP contribution < -0.4 is 10.1 Å². The molecule has 2 heterocycles. The molecule has 0 aliphatic carbocycles. The first-order valence-corrected chi connectivity index (χ1v) is 10.2. The fourth-order valence-corrected chi connectivity index (χ4v) is 3.95. The zero-order chi connectivity index (χ0) is 20.2. The number of imide groups is 1. The molecule has 2 aromatic carbocycles. The fraction of sp³-hybridized carbons (Fsp3) is 0.227. The Hall–Kier alpha value is -3.06. The predicted molar refractivity (Wildman–Crippen MR) is 111 cm³/mol. The first kappa shape index (κ1) is 19.3. The van der Waals surface area contributed by atoms with Crippen molar-refractivity contribution in [1.82, 2.24) is 10.3 Å². The molecule has 1 aliphatic rings. The normalized spacial score (nSPS) is 16.1. The van der Waals surface area contributed by atoms with Gasteiger partial charge in [0.1, 0.15) is 11.5 Å². The van der Waals surface area contributed by atoms with E-state index in [1.165, 1.54) is 0 Å². The lowest BCUT2D eigenvalue weighted by molar-refractivity contribution is -0.118. The molecule has 0 bridgehead atoms. The molecule has 0 unspecified atom stereocenters. The number of benzene rings is 2. The van der Waals surface area contributed by atoms with Crippen molar-refractivity contribution in [2.75, 3.05) is 6.61 Å². The highest BCUT2D eigenvalue weighted by atomic mass is 32.2. The molecule has 3 aromatic rings. The Labute approximate surface area is 172 Å². The van der Waals surface area contributed by atoms with Crippen molar-refractivity contribution in [2.24, 2.45) is 0 Å². The number of nitrogens with one attached hydrogen (secondary N) is 1. The summed E-state index contributed by atoms with van der Waals surface area (Å²) >= 11 is 1.04. The van der Waals surface area contributed by atoms with E-state index in [9.17, 15) is 9.59 Å². The van der Waals surface area contributed by atoms with E-state index in [0.717, 1.165) is 40.1 Å². The highest BCUT2D eigenvalue weighted by Crippen LogP contribution is 2.24. The lowest BCUT2D eigenvalue weighted by Gasteiger charge is -2.08. The van der Waals surface area contributed by atoms with Crippen molar-refractivity contribution >= 4 is 22.9 Å². The Kier molecular flexibility index (Phi) is 5.67. The van der Waals surface area contributed by atoms with Gasteiger partial charge in [-0.25, -0.2) is 4.98 Å². The third-order valence-corrected chi connectivity index (χ3v) is 5.61. The van der Waals surface area contributed by atoms with E-state index in [1.54, 1.807) is 0 Å². The number of thioether (sulfide) groups is 1. The molecule has 1 aliphatic heterocycles. The Bertz CT molecular complexity index is 1020. The number of hydrogen-bond donors (Lipinski definition) is 1. The minimum absolute atomic E-state index is 0.224. The number of carbonyl (C=O) groups is 2. The molecule has 1 N–H and O–H groups in total. The Balaban J connectivity index is 1.30. The van der Waals surface area contributed by atoms with E-state index >= 15 is 0 Å². The van der Waals surface area contributed by atoms with E-state index < -0.39 is 0 Å². The second-order valence-corrected chi connectivity index (χ2v) is 7.89. The van der Waals surface area contributed by atoms with Crippen LogP contribution in [0.4, 0.5) is 4.79 Å². The number of carbonyl (C=O) groups excluding carboxylic acids is 2. The smallest absolute Gasteiger partial charge is 0.286 e. The van der Waals surface area contributed by atoms with Crippen molar-refractivity contribution < 1.29 is 18.7 Å². The second-order valence-electron chi connectivity index (χ2n) is 6.72. The Morgan fingerprint density at radius 2 is 1.86 bits per heavy atom. The molecule has 0 saturated carbocycles. The first-order chi connectivity index (χ1) is 14.1. The number of amides is 2. The number of aromatic nitrogens is 1. The molecule has 4 rings (SSSR count). The molecule has 29 heavy (non-hydrogen) atoms. The summed E-state index contributed by atoms with van der Waals surface area (Å²) in [7, 11) is 0. The quantitative estimate of drug-likeness (QED) is 0.632. The highest BCUT2D eigenvalue weighted by Gasteiger charge is 2.31. The predicted octanol–water partition coefficient (Wildman–Crippen LogP) is 4.17. The van der Waals surface area contributed by atoms with Gasteiger partial charge in [0, 0.05) is 12.0 Å². The lowest BCUT2D eigenvalue weighted by Crippen LogP contribution is -2.25. The summed E-state index contributed by atoms with van der Waals surface area (Å²) in [5.74, 6) is 1.94. The number of aryl methyl sites for hydroxylation is 1. The molecule has 2 amide bonds. The van der Waals surface area contributed by atoms with Crippen LogP contribution in [0.3, 0.4) is 0 Å². The molecule has 1 fully saturated rings. The third-order valence-electron chi connectivity index (χ3n) is 4.63. The van der Waals surface area contributed by atoms with Gasteiger partial charge >= 0.3 is 0 Å². The summed E-state index contributed by atoms with van der Waals surface area (Å²) in [5.41, 5.74) is 2.82. The van der Waals surface area contributed by atoms with E-state index in [2.05, 4.69) is 10.3 Å². The minimum Gasteiger partial charge on any atom is -0.493 e. The highest BCUT2D eigenvalue weighted by molar-refractivity contribution is 8.15. The standard InChI is InChI=1S/C22H20N2O4S/c1-14-18(23-21(28-14)16-5-3-2-4-6-16)11-12-27-17-9-7-15(8-10-17)13-19-20(25)24-22(26)29-19/h2-10,19H,11-13H2,1H3,(H,24,25,26)/t19-/m1/s1. The second kappa shape index (κ2) is 8.53. The Morgan fingerprint density at radius 3 is 2.55 bits per heavy atom. The van der Waals surface area contributed by atoms with Crippen molar-refractivity contribution in [2.45, 2.75) is 25.0 Å². The molecular weight excluding hydrogens is 388 g/mol. The van der Waals surface area contributed by atoms with Gasteiger partial charge in [-0.05, 0) is 43.2 Å². The van der Waals surface area contributed by atoms with E-state index in [4.69, 9.17) is 9.15 Å². The van der Waals surface area contributed by atoms with Crippen molar-refractivity contribution in [3.05, 3.63) is 71.6 Å². The molecule has 148 valence electrons. The van der Waals surface area contributed by atoms with E-state index in [-0.39, 0.29) is 16.4 Å². The van der Waals surface area contributed by atoms with Crippen LogP contribution >= 0.6 is 11.8 Å². The maximum absolute atomic E-state index is 11.7. The summed E-state index contributed by atoms with van der Waals surface area (Å²) in [6, 6.07) is 17.4. The van der Waals surface area contributed by atoms with E-state index in [0.29, 0.717) is 25.3 Å². The average Bonchev–Trinajstić information content (AvgIpc) is 3.25. The summed E-state index contributed by atoms with van der Waals surface area (Å²) in [4.78, 5) is 27.5. The summed E-state index contributed by atoms with van der Waals surface area (Å²) in [5, 5.41) is 1.67. The fourth-order valence-electron chi connectivity index (χ4n) is 3.09. The van der Waals surface area contributed by atoms with Crippen molar-refractivity contribution in [1.29, 1.82) is 0 Å². The van der Waals surface area contributed by atoms with Gasteiger partial charge in [0.25, 0.3) is 5.24 Å². The molecule has 1 atom stereocenters. The topological polar surface area (TPSA) is 81.4 Å². The molecule has 0 spiro atoms. The van der Waals surface area contributed by atoms with Crippen LogP contribution in [0, 0.1) is 6.92 Å². The molecule has 1 aromatic heterocycles. The van der Waals surface area contributed by atoms with E-state index in [1.807, 2.05) is 61.5 Å². The van der Waals surface area contributed by atoms with Crippen LogP contribution in [0.5, 0.6) is 5.75 Å². The third kappa shape index (κ3) is 4.68. The number of hydrogen-bond acceptors (Lipinski definition) is 6. The summed E-state index contributed by atoms with van der Waals surface area (Å²) in [6.45, 7) is 2.39. The Morgan fingerprint density at radius 1 is 1.10 bits per heavy atom. The summed E-state index contributed by atoms with van der Waals surface area (Å²) in [6.07, 6.45) is 1.16. The number of ether oxygens (including phenoxy) is 1. The van der Waals surface area contributed by atoms with Gasteiger partial charge in [-0.2, -0.15) is 0 Å². The van der Waals surface area contributed by atoms with Gasteiger partial charge in [-0.15, -0.1) is 0 Å². The first-order valence-electron chi connectivity index (χ1n) is 9.33. The molecule has 6 nitrogen and oxygen atoms in total. The SMILES string of the molecule is Cc1oc(-c2ccccc2)nc1CCOc1ccc(C[C@H]2SC(=O)NC2=O)cc1. The van der Waals surface area contributed by atoms with Gasteiger partial charge in [0.15, 0.2) is 0 Å². The van der Waals surface area contributed by atoms with Crippen LogP contribution in [0.15, 0.2) is 59.0 Å². The number of oxazole rings is 1. The minimum atomic E-state index is -0.358. The lowest BCUT2D eigenvalue weighted by atomic mass is 10.1. The molecular formula is C22H20N2O4S. The van der Waals surface area contributed by atoms with Crippen LogP contribution in [0.2, 0.25) is 0 Å². The van der Waals surface area contributed by atoms with Crippen molar-refractivity contribution in [3.63, 3.8) is 0 Å². The van der Waals surface area contributed by atoms with Crippen LogP contribution in [0.25, 0.3) is 11.5 Å². The van der Waals surface area contributed by atoms with Crippen molar-refractivity contribution in [3.8, 4) is 17.2 Å². The van der Waals surface area contributed by atoms with Gasteiger partial charge in [0.2, 0.25) is 11.8 Å². The van der Waals surface area contributed by atoms with Crippen LogP contribution in [0.1, 0.15) is 17.0 Å². The summed E-state index contributed by atoms with van der Waals surface area (Å²) < 4.78 is 11.6. The molecule has 1 saturated heterocycles. The zero-order valence-electron chi connectivity index (χ0n) is 15.9. The average molecular weight is 408 g/mol. The van der Waals surface area contributed by atoms with Gasteiger partial charge in [-0.3, -0.25) is 14.9 Å². The molecule has 7 heteroatoms. The zero-order valence-corrected chi connectivity index (χ0v) is 16.7.